The van der Waals surface area contributed by atoms with Crippen LogP contribution in [-0.2, 0) is 12.4 Å². The van der Waals surface area contributed by atoms with Crippen molar-refractivity contribution in [3.05, 3.63) is 51.2 Å². The quantitative estimate of drug-likeness (QED) is 0.689. The molecule has 1 heterocycles. The first-order chi connectivity index (χ1) is 8.74. The molecule has 0 aliphatic heterocycles. The molecule has 0 spiro atoms. The monoisotopic (exact) mass is 299 g/mol. The van der Waals surface area contributed by atoms with Crippen molar-refractivity contribution in [3.63, 3.8) is 0 Å². The van der Waals surface area contributed by atoms with Gasteiger partial charge in [-0.15, -0.1) is 22.9 Å². The summed E-state index contributed by atoms with van der Waals surface area (Å²) in [5, 5.41) is 2.87. The third kappa shape index (κ3) is 3.19. The third-order valence-corrected chi connectivity index (χ3v) is 4.29. The SMILES string of the molecule is CCN(Cc1cccs1)c1ccc(CCl)cc1Cl. The minimum atomic E-state index is 0.497. The number of nitrogens with zero attached hydrogens (tertiary/aromatic N) is 1. The second-order valence-electron chi connectivity index (χ2n) is 4.01. The van der Waals surface area contributed by atoms with E-state index in [0.29, 0.717) is 5.88 Å². The Balaban J connectivity index is 2.22. The van der Waals surface area contributed by atoms with E-state index >= 15 is 0 Å². The maximum absolute atomic E-state index is 6.32. The third-order valence-electron chi connectivity index (χ3n) is 2.82. The van der Waals surface area contributed by atoms with Crippen LogP contribution >= 0.6 is 34.5 Å². The Kier molecular flexibility index (Phi) is 4.93. The van der Waals surface area contributed by atoms with Crippen molar-refractivity contribution in [2.24, 2.45) is 0 Å². The van der Waals surface area contributed by atoms with E-state index in [1.54, 1.807) is 11.3 Å². The molecule has 0 aliphatic carbocycles. The second-order valence-corrected chi connectivity index (χ2v) is 5.72. The molecule has 1 nitrogen and oxygen atoms in total. The van der Waals surface area contributed by atoms with E-state index in [2.05, 4.69) is 35.4 Å². The molecule has 0 saturated heterocycles. The zero-order chi connectivity index (χ0) is 13.0. The maximum atomic E-state index is 6.32. The van der Waals surface area contributed by atoms with E-state index in [4.69, 9.17) is 23.2 Å². The molecular formula is C14H15Cl2NS. The summed E-state index contributed by atoms with van der Waals surface area (Å²) in [5.41, 5.74) is 2.12. The van der Waals surface area contributed by atoms with Crippen LogP contribution in [0.2, 0.25) is 5.02 Å². The van der Waals surface area contributed by atoms with Gasteiger partial charge in [-0.25, -0.2) is 0 Å². The Bertz CT molecular complexity index is 497. The van der Waals surface area contributed by atoms with Gasteiger partial charge in [0, 0.05) is 17.3 Å². The Labute approximate surface area is 122 Å². The van der Waals surface area contributed by atoms with Crippen LogP contribution in [0.4, 0.5) is 5.69 Å². The topological polar surface area (TPSA) is 3.24 Å². The summed E-state index contributed by atoms with van der Waals surface area (Å²) in [7, 11) is 0. The lowest BCUT2D eigenvalue weighted by Gasteiger charge is -2.24. The van der Waals surface area contributed by atoms with Crippen LogP contribution in [0.3, 0.4) is 0 Å². The molecule has 0 saturated carbocycles. The summed E-state index contributed by atoms with van der Waals surface area (Å²) in [6, 6.07) is 10.3. The molecule has 0 amide bonds. The molecule has 0 bridgehead atoms. The van der Waals surface area contributed by atoms with Gasteiger partial charge in [0.2, 0.25) is 0 Å². The van der Waals surface area contributed by atoms with Crippen molar-refractivity contribution in [2.75, 3.05) is 11.4 Å². The van der Waals surface area contributed by atoms with Crippen LogP contribution in [0, 0.1) is 0 Å². The summed E-state index contributed by atoms with van der Waals surface area (Å²) in [4.78, 5) is 3.61. The van der Waals surface area contributed by atoms with Crippen molar-refractivity contribution in [1.82, 2.24) is 0 Å². The van der Waals surface area contributed by atoms with Crippen LogP contribution in [-0.4, -0.2) is 6.54 Å². The summed E-state index contributed by atoms with van der Waals surface area (Å²) < 4.78 is 0. The normalized spacial score (nSPS) is 10.6. The molecule has 0 atom stereocenters. The van der Waals surface area contributed by atoms with E-state index in [1.165, 1.54) is 4.88 Å². The van der Waals surface area contributed by atoms with Crippen molar-refractivity contribution >= 4 is 40.2 Å². The molecule has 0 aliphatic rings. The molecule has 0 N–H and O–H groups in total. The van der Waals surface area contributed by atoms with E-state index in [1.807, 2.05) is 12.1 Å². The van der Waals surface area contributed by atoms with Crippen LogP contribution in [0.5, 0.6) is 0 Å². The predicted octanol–water partition coefficient (Wildman–Crippen LogP) is 5.17. The first-order valence-electron chi connectivity index (χ1n) is 5.86. The largest absolute Gasteiger partial charge is 0.365 e. The van der Waals surface area contributed by atoms with E-state index < -0.39 is 0 Å². The highest BCUT2D eigenvalue weighted by Gasteiger charge is 2.10. The predicted molar refractivity (Wildman–Crippen MR) is 82.1 cm³/mol. The Morgan fingerprint density at radius 2 is 2.11 bits per heavy atom. The van der Waals surface area contributed by atoms with Crippen LogP contribution in [0.1, 0.15) is 17.4 Å². The summed E-state index contributed by atoms with van der Waals surface area (Å²) in [5.74, 6) is 0.497. The fourth-order valence-electron chi connectivity index (χ4n) is 1.85. The Morgan fingerprint density at radius 1 is 1.28 bits per heavy atom. The molecule has 1 aromatic carbocycles. The molecule has 0 radical (unpaired) electrons. The van der Waals surface area contributed by atoms with Gasteiger partial charge in [-0.05, 0) is 36.1 Å². The van der Waals surface area contributed by atoms with Crippen LogP contribution in [0.15, 0.2) is 35.7 Å². The number of rotatable bonds is 5. The molecular weight excluding hydrogens is 285 g/mol. The second kappa shape index (κ2) is 6.46. The number of alkyl halides is 1. The Hall–Kier alpha value is -0.700. The van der Waals surface area contributed by atoms with Gasteiger partial charge in [0.1, 0.15) is 0 Å². The first-order valence-corrected chi connectivity index (χ1v) is 7.65. The number of halogens is 2. The molecule has 4 heteroatoms. The number of thiophene rings is 1. The molecule has 1 aromatic heterocycles. The van der Waals surface area contributed by atoms with Crippen molar-refractivity contribution in [1.29, 1.82) is 0 Å². The molecule has 0 fully saturated rings. The fraction of sp³-hybridized carbons (Fsp3) is 0.286. The Morgan fingerprint density at radius 3 is 2.67 bits per heavy atom. The molecule has 96 valence electrons. The van der Waals surface area contributed by atoms with Crippen molar-refractivity contribution < 1.29 is 0 Å². The zero-order valence-corrected chi connectivity index (χ0v) is 12.5. The lowest BCUT2D eigenvalue weighted by Crippen LogP contribution is -2.21. The van der Waals surface area contributed by atoms with Crippen LogP contribution in [0.25, 0.3) is 0 Å². The standard InChI is InChI=1S/C14H15Cl2NS/c1-2-17(10-12-4-3-7-18-12)14-6-5-11(9-15)8-13(14)16/h3-8H,2,9-10H2,1H3. The molecule has 0 unspecified atom stereocenters. The van der Waals surface area contributed by atoms with Crippen LogP contribution < -0.4 is 4.90 Å². The number of anilines is 1. The van der Waals surface area contributed by atoms with Crippen molar-refractivity contribution in [2.45, 2.75) is 19.3 Å². The highest BCUT2D eigenvalue weighted by Crippen LogP contribution is 2.29. The average Bonchev–Trinajstić information content (AvgIpc) is 2.89. The summed E-state index contributed by atoms with van der Waals surface area (Å²) in [6.07, 6.45) is 0. The van der Waals surface area contributed by atoms with Gasteiger partial charge in [0.15, 0.2) is 0 Å². The van der Waals surface area contributed by atoms with E-state index in [-0.39, 0.29) is 0 Å². The van der Waals surface area contributed by atoms with Gasteiger partial charge < -0.3 is 4.90 Å². The highest BCUT2D eigenvalue weighted by molar-refractivity contribution is 7.09. The lowest BCUT2D eigenvalue weighted by molar-refractivity contribution is 0.842. The lowest BCUT2D eigenvalue weighted by atomic mass is 10.2. The van der Waals surface area contributed by atoms with E-state index in [9.17, 15) is 0 Å². The minimum absolute atomic E-state index is 0.497. The van der Waals surface area contributed by atoms with Gasteiger partial charge in [0.25, 0.3) is 0 Å². The van der Waals surface area contributed by atoms with Gasteiger partial charge >= 0.3 is 0 Å². The van der Waals surface area contributed by atoms with Gasteiger partial charge in [-0.1, -0.05) is 23.7 Å². The maximum Gasteiger partial charge on any atom is 0.0642 e. The van der Waals surface area contributed by atoms with E-state index in [0.717, 1.165) is 29.4 Å². The number of hydrogen-bond acceptors (Lipinski definition) is 2. The summed E-state index contributed by atoms with van der Waals surface area (Å²) in [6.45, 7) is 3.96. The van der Waals surface area contributed by atoms with Gasteiger partial charge in [-0.2, -0.15) is 0 Å². The average molecular weight is 300 g/mol. The number of benzene rings is 1. The molecule has 18 heavy (non-hydrogen) atoms. The zero-order valence-electron chi connectivity index (χ0n) is 10.2. The van der Waals surface area contributed by atoms with Crippen molar-refractivity contribution in [3.8, 4) is 0 Å². The minimum Gasteiger partial charge on any atom is -0.365 e. The first kappa shape index (κ1) is 13.7. The molecule has 2 rings (SSSR count). The fourth-order valence-corrected chi connectivity index (χ4v) is 3.06. The summed E-state index contributed by atoms with van der Waals surface area (Å²) >= 11 is 13.9. The van der Waals surface area contributed by atoms with Gasteiger partial charge in [-0.3, -0.25) is 0 Å². The smallest absolute Gasteiger partial charge is 0.0642 e. The number of hydrogen-bond donors (Lipinski definition) is 0. The van der Waals surface area contributed by atoms with Gasteiger partial charge in [0.05, 0.1) is 17.3 Å². The molecule has 2 aromatic rings. The highest BCUT2D eigenvalue weighted by atomic mass is 35.5.